The average molecular weight is 214 g/mol. The summed E-state index contributed by atoms with van der Waals surface area (Å²) in [6.45, 7) is 1.85. The third kappa shape index (κ3) is 1.70. The molecule has 0 saturated carbocycles. The molecule has 2 N–H and O–H groups in total. The van der Waals surface area contributed by atoms with E-state index in [2.05, 4.69) is 15.3 Å². The van der Waals surface area contributed by atoms with Gasteiger partial charge in [-0.25, -0.2) is 0 Å². The second-order valence-corrected chi connectivity index (χ2v) is 3.33. The second-order valence-electron chi connectivity index (χ2n) is 3.33. The van der Waals surface area contributed by atoms with E-state index in [-0.39, 0.29) is 6.42 Å². The van der Waals surface area contributed by atoms with Crippen LogP contribution >= 0.6 is 0 Å². The van der Waals surface area contributed by atoms with E-state index in [1.165, 1.54) is 4.68 Å². The Morgan fingerprint density at radius 2 is 2.25 bits per heavy atom. The van der Waals surface area contributed by atoms with Crippen LogP contribution in [0.3, 0.4) is 0 Å². The van der Waals surface area contributed by atoms with Crippen molar-refractivity contribution in [3.63, 3.8) is 0 Å². The van der Waals surface area contributed by atoms with E-state index in [1.807, 2.05) is 19.1 Å². The number of anilines is 1. The zero-order chi connectivity index (χ0) is 11.5. The van der Waals surface area contributed by atoms with Crippen molar-refractivity contribution in [1.29, 1.82) is 5.26 Å². The minimum absolute atomic E-state index is 0.241. The lowest BCUT2D eigenvalue weighted by atomic mass is 10.2. The second kappa shape index (κ2) is 3.98. The summed E-state index contributed by atoms with van der Waals surface area (Å²) in [7, 11) is 0. The molecule has 0 spiro atoms. The van der Waals surface area contributed by atoms with Crippen molar-refractivity contribution in [1.82, 2.24) is 20.0 Å². The molecule has 6 heteroatoms. The summed E-state index contributed by atoms with van der Waals surface area (Å²) in [6.07, 6.45) is 1.81. The number of nitrogen functional groups attached to an aromatic ring is 1. The highest BCUT2D eigenvalue weighted by Crippen LogP contribution is 2.15. The summed E-state index contributed by atoms with van der Waals surface area (Å²) in [5.41, 5.74) is 7.37. The molecule has 0 saturated heterocycles. The van der Waals surface area contributed by atoms with Crippen LogP contribution in [-0.2, 0) is 6.42 Å². The van der Waals surface area contributed by atoms with Gasteiger partial charge in [-0.3, -0.25) is 0 Å². The highest BCUT2D eigenvalue weighted by atomic mass is 15.4. The van der Waals surface area contributed by atoms with Crippen LogP contribution in [0.5, 0.6) is 0 Å². The maximum atomic E-state index is 8.59. The van der Waals surface area contributed by atoms with E-state index in [0.717, 1.165) is 5.69 Å². The van der Waals surface area contributed by atoms with Gasteiger partial charge >= 0.3 is 0 Å². The minimum Gasteiger partial charge on any atom is -0.383 e. The van der Waals surface area contributed by atoms with E-state index in [9.17, 15) is 0 Å². The summed E-state index contributed by atoms with van der Waals surface area (Å²) in [5.74, 6) is 0.979. The molecule has 2 aromatic rings. The number of aromatic nitrogens is 4. The van der Waals surface area contributed by atoms with Crippen LogP contribution < -0.4 is 5.73 Å². The Bertz CT molecular complexity index is 533. The number of rotatable bonds is 2. The van der Waals surface area contributed by atoms with Gasteiger partial charge in [0.1, 0.15) is 5.82 Å². The lowest BCUT2D eigenvalue weighted by molar-refractivity contribution is 0.814. The first-order chi connectivity index (χ1) is 7.72. The molecular weight excluding hydrogens is 204 g/mol. The molecule has 0 aliphatic heterocycles. The first-order valence-corrected chi connectivity index (χ1v) is 4.72. The van der Waals surface area contributed by atoms with Gasteiger partial charge in [0, 0.05) is 5.56 Å². The predicted molar refractivity (Wildman–Crippen MR) is 57.6 cm³/mol. The van der Waals surface area contributed by atoms with Crippen molar-refractivity contribution >= 4 is 5.82 Å². The quantitative estimate of drug-likeness (QED) is 0.790. The van der Waals surface area contributed by atoms with Gasteiger partial charge in [0.2, 0.25) is 0 Å². The van der Waals surface area contributed by atoms with Crippen LogP contribution in [0.15, 0.2) is 18.3 Å². The fraction of sp³-hybridized carbons (Fsp3) is 0.200. The first kappa shape index (κ1) is 10.1. The number of nitriles is 1. The first-order valence-electron chi connectivity index (χ1n) is 4.72. The van der Waals surface area contributed by atoms with E-state index >= 15 is 0 Å². The summed E-state index contributed by atoms with van der Waals surface area (Å²) in [4.78, 5) is 0. The number of nitrogens with two attached hydrogens (primary N) is 1. The number of hydrogen-bond donors (Lipinski definition) is 1. The van der Waals surface area contributed by atoms with Crippen LogP contribution in [0.2, 0.25) is 0 Å². The molecule has 0 amide bonds. The van der Waals surface area contributed by atoms with Crippen molar-refractivity contribution in [2.24, 2.45) is 0 Å². The van der Waals surface area contributed by atoms with E-state index in [4.69, 9.17) is 11.0 Å². The Balaban J connectivity index is 2.42. The smallest absolute Gasteiger partial charge is 0.178 e. The molecule has 0 unspecified atom stereocenters. The molecule has 6 nitrogen and oxygen atoms in total. The van der Waals surface area contributed by atoms with Gasteiger partial charge in [0.15, 0.2) is 5.82 Å². The van der Waals surface area contributed by atoms with E-state index in [0.29, 0.717) is 17.2 Å². The van der Waals surface area contributed by atoms with Gasteiger partial charge in [0.25, 0.3) is 0 Å². The van der Waals surface area contributed by atoms with Crippen molar-refractivity contribution < 1.29 is 0 Å². The van der Waals surface area contributed by atoms with Crippen molar-refractivity contribution in [3.8, 4) is 11.9 Å². The SMILES string of the molecule is Cc1ccc(-n2ncc(CC#N)c2N)nn1. The largest absolute Gasteiger partial charge is 0.383 e. The Morgan fingerprint density at radius 3 is 2.88 bits per heavy atom. The lowest BCUT2D eigenvalue weighted by Gasteiger charge is -2.02. The zero-order valence-corrected chi connectivity index (χ0v) is 8.75. The maximum absolute atomic E-state index is 8.59. The molecule has 80 valence electrons. The average Bonchev–Trinajstić information content (AvgIpc) is 2.63. The lowest BCUT2D eigenvalue weighted by Crippen LogP contribution is -2.06. The molecule has 0 aliphatic carbocycles. The van der Waals surface area contributed by atoms with Crippen molar-refractivity contribution in [2.75, 3.05) is 5.73 Å². The standard InChI is InChI=1S/C10H10N6/c1-7-2-3-9(15-14-7)16-10(12)8(4-5-11)6-13-16/h2-3,6H,4,12H2,1H3. The molecule has 2 aromatic heterocycles. The van der Waals surface area contributed by atoms with Crippen LogP contribution in [0.25, 0.3) is 5.82 Å². The van der Waals surface area contributed by atoms with Crippen molar-refractivity contribution in [3.05, 3.63) is 29.6 Å². The minimum atomic E-state index is 0.241. The van der Waals surface area contributed by atoms with E-state index < -0.39 is 0 Å². The Morgan fingerprint density at radius 1 is 1.44 bits per heavy atom. The molecule has 2 heterocycles. The Labute approximate surface area is 92.3 Å². The van der Waals surface area contributed by atoms with E-state index in [1.54, 1.807) is 12.3 Å². The molecule has 0 radical (unpaired) electrons. The number of hydrogen-bond acceptors (Lipinski definition) is 5. The van der Waals surface area contributed by atoms with Crippen LogP contribution in [0.1, 0.15) is 11.3 Å². The third-order valence-electron chi connectivity index (χ3n) is 2.16. The third-order valence-corrected chi connectivity index (χ3v) is 2.16. The number of aryl methyl sites for hydroxylation is 1. The molecule has 0 aromatic carbocycles. The fourth-order valence-corrected chi connectivity index (χ4v) is 1.30. The summed E-state index contributed by atoms with van der Waals surface area (Å²) in [5, 5.41) is 20.6. The van der Waals surface area contributed by atoms with Gasteiger partial charge in [-0.2, -0.15) is 20.1 Å². The molecule has 0 aliphatic rings. The molecule has 0 atom stereocenters. The highest BCUT2D eigenvalue weighted by molar-refractivity contribution is 5.45. The van der Waals surface area contributed by atoms with Gasteiger partial charge < -0.3 is 5.73 Å². The number of nitrogens with zero attached hydrogens (tertiary/aromatic N) is 5. The normalized spacial score (nSPS) is 10.0. The zero-order valence-electron chi connectivity index (χ0n) is 8.75. The van der Waals surface area contributed by atoms with Gasteiger partial charge in [-0.15, -0.1) is 5.10 Å². The summed E-state index contributed by atoms with van der Waals surface area (Å²) >= 11 is 0. The Hall–Kier alpha value is -2.42. The van der Waals surface area contributed by atoms with Crippen LogP contribution in [0.4, 0.5) is 5.82 Å². The maximum Gasteiger partial charge on any atom is 0.178 e. The topological polar surface area (TPSA) is 93.4 Å². The molecule has 0 fully saturated rings. The highest BCUT2D eigenvalue weighted by Gasteiger charge is 2.09. The van der Waals surface area contributed by atoms with Gasteiger partial charge in [0.05, 0.1) is 24.4 Å². The molecule has 2 rings (SSSR count). The molecule has 16 heavy (non-hydrogen) atoms. The van der Waals surface area contributed by atoms with Gasteiger partial charge in [-0.1, -0.05) is 0 Å². The predicted octanol–water partition coefficient (Wildman–Crippen LogP) is 0.619. The van der Waals surface area contributed by atoms with Crippen molar-refractivity contribution in [2.45, 2.75) is 13.3 Å². The van der Waals surface area contributed by atoms with Crippen LogP contribution in [0, 0.1) is 18.3 Å². The molecule has 0 bridgehead atoms. The fourth-order valence-electron chi connectivity index (χ4n) is 1.30. The van der Waals surface area contributed by atoms with Gasteiger partial charge in [-0.05, 0) is 19.1 Å². The summed E-state index contributed by atoms with van der Waals surface area (Å²) in [6, 6.07) is 5.64. The van der Waals surface area contributed by atoms with Crippen LogP contribution in [-0.4, -0.2) is 20.0 Å². The Kier molecular flexibility index (Phi) is 2.52. The monoisotopic (exact) mass is 214 g/mol. The molecular formula is C10H10N6. The summed E-state index contributed by atoms with van der Waals surface area (Å²) < 4.78 is 1.47.